The van der Waals surface area contributed by atoms with E-state index in [9.17, 15) is 13.2 Å². The zero-order valence-corrected chi connectivity index (χ0v) is 22.0. The second-order valence-electron chi connectivity index (χ2n) is 9.41. The molecule has 0 amide bonds. The molecule has 1 saturated heterocycles. The first-order chi connectivity index (χ1) is 16.6. The summed E-state index contributed by atoms with van der Waals surface area (Å²) in [4.78, 5) is 14.9. The highest BCUT2D eigenvalue weighted by Gasteiger charge is 2.28. The van der Waals surface area contributed by atoms with Gasteiger partial charge in [0, 0.05) is 29.5 Å². The van der Waals surface area contributed by atoms with Crippen molar-refractivity contribution in [2.24, 2.45) is 5.92 Å². The third kappa shape index (κ3) is 4.87. The number of carbonyl (C=O) groups excluding carboxylic acids is 1. The van der Waals surface area contributed by atoms with Gasteiger partial charge in [0.1, 0.15) is 0 Å². The highest BCUT2D eigenvalue weighted by Crippen LogP contribution is 2.36. The maximum atomic E-state index is 13.6. The Balaban J connectivity index is 1.72. The molecule has 1 atom stereocenters. The Morgan fingerprint density at radius 1 is 1.03 bits per heavy atom. The quantitative estimate of drug-likeness (QED) is 0.448. The average molecular weight is 495 g/mol. The second-order valence-corrected chi connectivity index (χ2v) is 11.0. The van der Waals surface area contributed by atoms with E-state index in [1.54, 1.807) is 0 Å². The van der Waals surface area contributed by atoms with Crippen LogP contribution in [0.15, 0.2) is 47.4 Å². The number of nitrogens with one attached hydrogen (secondary N) is 1. The van der Waals surface area contributed by atoms with Gasteiger partial charge in [0.15, 0.2) is 0 Å². The molecule has 1 aliphatic rings. The van der Waals surface area contributed by atoms with Crippen LogP contribution in [0.1, 0.15) is 42.0 Å². The molecule has 1 N–H and O–H groups in total. The number of sulfonamides is 1. The van der Waals surface area contributed by atoms with Gasteiger partial charge >= 0.3 is 5.97 Å². The van der Waals surface area contributed by atoms with Gasteiger partial charge in [0.2, 0.25) is 0 Å². The molecule has 186 valence electrons. The van der Waals surface area contributed by atoms with Crippen molar-refractivity contribution in [1.29, 1.82) is 0 Å². The molecule has 6 nitrogen and oxygen atoms in total. The number of carbonyl (C=O) groups is 1. The predicted octanol–water partition coefficient (Wildman–Crippen LogP) is 5.65. The van der Waals surface area contributed by atoms with E-state index in [0.717, 1.165) is 58.1 Å². The molecule has 0 aliphatic carbocycles. The number of anilines is 2. The van der Waals surface area contributed by atoms with E-state index in [2.05, 4.69) is 9.62 Å². The van der Waals surface area contributed by atoms with Crippen molar-refractivity contribution >= 4 is 38.1 Å². The molecule has 1 fully saturated rings. The summed E-state index contributed by atoms with van der Waals surface area (Å²) in [5.41, 5.74) is 4.97. The van der Waals surface area contributed by atoms with Gasteiger partial charge in [0.25, 0.3) is 10.0 Å². The van der Waals surface area contributed by atoms with E-state index in [4.69, 9.17) is 4.74 Å². The molecule has 3 aromatic carbocycles. The minimum Gasteiger partial charge on any atom is -0.466 e. The first-order valence-electron chi connectivity index (χ1n) is 12.2. The molecule has 4 rings (SSSR count). The van der Waals surface area contributed by atoms with Crippen molar-refractivity contribution < 1.29 is 17.9 Å². The molecule has 3 aromatic rings. The van der Waals surface area contributed by atoms with E-state index in [1.807, 2.05) is 77.1 Å². The Labute approximate surface area is 208 Å². The van der Waals surface area contributed by atoms with Crippen LogP contribution in [-0.4, -0.2) is 34.1 Å². The molecule has 7 heteroatoms. The lowest BCUT2D eigenvalue weighted by molar-refractivity contribution is -0.148. The number of benzene rings is 3. The SMILES string of the molecule is CCOC(=O)C1CCCN(c2ccc(NS(=O)(=O)c3c(C)c(C)cc(C)c3C)c3ccccc23)C1. The Morgan fingerprint density at radius 2 is 1.69 bits per heavy atom. The summed E-state index contributed by atoms with van der Waals surface area (Å²) >= 11 is 0. The van der Waals surface area contributed by atoms with Crippen LogP contribution in [0.3, 0.4) is 0 Å². The zero-order valence-electron chi connectivity index (χ0n) is 21.1. The smallest absolute Gasteiger partial charge is 0.310 e. The third-order valence-corrected chi connectivity index (χ3v) is 8.73. The third-order valence-electron chi connectivity index (χ3n) is 7.09. The number of piperidine rings is 1. The van der Waals surface area contributed by atoms with Crippen LogP contribution in [0.5, 0.6) is 0 Å². The topological polar surface area (TPSA) is 75.7 Å². The highest BCUT2D eigenvalue weighted by atomic mass is 32.2. The molecule has 0 aromatic heterocycles. The molecule has 0 radical (unpaired) electrons. The summed E-state index contributed by atoms with van der Waals surface area (Å²) in [6.07, 6.45) is 1.72. The van der Waals surface area contributed by atoms with Gasteiger partial charge < -0.3 is 9.64 Å². The molecule has 1 unspecified atom stereocenters. The van der Waals surface area contributed by atoms with Crippen LogP contribution >= 0.6 is 0 Å². The number of aryl methyl sites for hydroxylation is 2. The van der Waals surface area contributed by atoms with Crippen LogP contribution in [0.2, 0.25) is 0 Å². The number of esters is 1. The monoisotopic (exact) mass is 494 g/mol. The van der Waals surface area contributed by atoms with Crippen LogP contribution in [0.4, 0.5) is 11.4 Å². The highest BCUT2D eigenvalue weighted by molar-refractivity contribution is 7.92. The van der Waals surface area contributed by atoms with Crippen molar-refractivity contribution in [3.05, 3.63) is 64.7 Å². The lowest BCUT2D eigenvalue weighted by atomic mass is 9.96. The molecular weight excluding hydrogens is 460 g/mol. The number of fused-ring (bicyclic) bond motifs is 1. The van der Waals surface area contributed by atoms with Gasteiger partial charge in [-0.05, 0) is 81.8 Å². The maximum Gasteiger partial charge on any atom is 0.310 e. The van der Waals surface area contributed by atoms with E-state index < -0.39 is 10.0 Å². The predicted molar refractivity (Wildman–Crippen MR) is 142 cm³/mol. The summed E-state index contributed by atoms with van der Waals surface area (Å²) in [6.45, 7) is 11.2. The largest absolute Gasteiger partial charge is 0.466 e. The van der Waals surface area contributed by atoms with E-state index in [0.29, 0.717) is 23.7 Å². The minimum atomic E-state index is -3.80. The van der Waals surface area contributed by atoms with Crippen LogP contribution in [0.25, 0.3) is 10.8 Å². The number of nitrogens with zero attached hydrogens (tertiary/aromatic N) is 1. The summed E-state index contributed by atoms with van der Waals surface area (Å²) in [5.74, 6) is -0.304. The second kappa shape index (κ2) is 9.90. The normalized spacial score (nSPS) is 16.4. The number of hydrogen-bond donors (Lipinski definition) is 1. The van der Waals surface area contributed by atoms with Crippen molar-refractivity contribution in [2.75, 3.05) is 29.3 Å². The summed E-state index contributed by atoms with van der Waals surface area (Å²) in [5, 5.41) is 1.78. The number of ether oxygens (including phenoxy) is 1. The lowest BCUT2D eigenvalue weighted by Crippen LogP contribution is -2.39. The van der Waals surface area contributed by atoms with E-state index in [-0.39, 0.29) is 11.9 Å². The summed E-state index contributed by atoms with van der Waals surface area (Å²) in [6, 6.07) is 13.6. The first kappa shape index (κ1) is 25.0. The molecular formula is C28H34N2O4S. The van der Waals surface area contributed by atoms with Crippen molar-refractivity contribution in [3.8, 4) is 0 Å². The fourth-order valence-electron chi connectivity index (χ4n) is 5.08. The summed E-state index contributed by atoms with van der Waals surface area (Å²) in [7, 11) is -3.80. The van der Waals surface area contributed by atoms with E-state index >= 15 is 0 Å². The van der Waals surface area contributed by atoms with Crippen molar-refractivity contribution in [3.63, 3.8) is 0 Å². The first-order valence-corrected chi connectivity index (χ1v) is 13.7. The van der Waals surface area contributed by atoms with Crippen LogP contribution in [-0.2, 0) is 19.6 Å². The Hall–Kier alpha value is -3.06. The van der Waals surface area contributed by atoms with Gasteiger partial charge in [-0.15, -0.1) is 0 Å². The minimum absolute atomic E-state index is 0.148. The Kier molecular flexibility index (Phi) is 7.08. The molecule has 0 saturated carbocycles. The standard InChI is InChI=1S/C28H34N2O4S/c1-6-34-28(31)22-10-9-15-30(17-22)26-14-13-25(23-11-7-8-12-24(23)26)29-35(32,33)27-20(4)18(2)16-19(3)21(27)5/h7-8,11-14,16,22,29H,6,9-10,15,17H2,1-5H3. The maximum absolute atomic E-state index is 13.6. The van der Waals surface area contributed by atoms with E-state index in [1.165, 1.54) is 0 Å². The molecule has 35 heavy (non-hydrogen) atoms. The number of hydrogen-bond acceptors (Lipinski definition) is 5. The molecule has 1 aliphatic heterocycles. The fourth-order valence-corrected chi connectivity index (χ4v) is 6.77. The van der Waals surface area contributed by atoms with Gasteiger partial charge in [-0.25, -0.2) is 8.42 Å². The molecule has 0 bridgehead atoms. The molecule has 1 heterocycles. The zero-order chi connectivity index (χ0) is 25.3. The van der Waals surface area contributed by atoms with Gasteiger partial charge in [-0.3, -0.25) is 9.52 Å². The number of rotatable bonds is 6. The molecule has 0 spiro atoms. The Bertz CT molecular complexity index is 1360. The fraction of sp³-hybridized carbons (Fsp3) is 0.393. The summed E-state index contributed by atoms with van der Waals surface area (Å²) < 4.78 is 35.3. The van der Waals surface area contributed by atoms with Gasteiger partial charge in [0.05, 0.1) is 23.1 Å². The van der Waals surface area contributed by atoms with Crippen LogP contribution in [0, 0.1) is 33.6 Å². The Morgan fingerprint density at radius 3 is 2.34 bits per heavy atom. The van der Waals surface area contributed by atoms with Crippen molar-refractivity contribution in [1.82, 2.24) is 0 Å². The van der Waals surface area contributed by atoms with Crippen LogP contribution < -0.4 is 9.62 Å². The van der Waals surface area contributed by atoms with Crippen molar-refractivity contribution in [2.45, 2.75) is 52.4 Å². The van der Waals surface area contributed by atoms with Gasteiger partial charge in [-0.1, -0.05) is 30.3 Å². The average Bonchev–Trinajstić information content (AvgIpc) is 2.83. The van der Waals surface area contributed by atoms with Gasteiger partial charge in [-0.2, -0.15) is 0 Å². The lowest BCUT2D eigenvalue weighted by Gasteiger charge is -2.34.